The largest absolute Gasteiger partial charge is 0.480 e. The first-order chi connectivity index (χ1) is 9.90. The molecule has 1 heterocycles. The fourth-order valence-corrected chi connectivity index (χ4v) is 3.70. The summed E-state index contributed by atoms with van der Waals surface area (Å²) in [4.78, 5) is 25.2. The number of aliphatic carboxylic acids is 1. The van der Waals surface area contributed by atoms with Crippen LogP contribution in [0.4, 0.5) is 11.4 Å². The highest BCUT2D eigenvalue weighted by Gasteiger charge is 2.24. The number of thiophene rings is 1. The number of carbonyl (C=O) groups is 2. The molecule has 0 unspecified atom stereocenters. The normalized spacial score (nSPS) is 10.4. The molecule has 0 bridgehead atoms. The molecule has 0 saturated carbocycles. The minimum atomic E-state index is -1.11. The van der Waals surface area contributed by atoms with Crippen LogP contribution in [0.5, 0.6) is 0 Å². The first-order valence-corrected chi connectivity index (χ1v) is 8.13. The van der Waals surface area contributed by atoms with Crippen LogP contribution in [0.25, 0.3) is 0 Å². The van der Waals surface area contributed by atoms with Gasteiger partial charge in [-0.1, -0.05) is 12.1 Å². The zero-order valence-corrected chi connectivity index (χ0v) is 14.5. The Morgan fingerprint density at radius 1 is 1.29 bits per heavy atom. The second-order valence-electron chi connectivity index (χ2n) is 4.08. The van der Waals surface area contributed by atoms with E-state index in [4.69, 9.17) is 10.8 Å². The Labute approximate surface area is 141 Å². The van der Waals surface area contributed by atoms with Crippen LogP contribution in [0.3, 0.4) is 0 Å². The number of amides is 1. The van der Waals surface area contributed by atoms with Gasteiger partial charge in [-0.2, -0.15) is 0 Å². The van der Waals surface area contributed by atoms with Crippen LogP contribution >= 0.6 is 43.2 Å². The molecule has 1 aromatic heterocycles. The molecule has 0 aliphatic heterocycles. The second kappa shape index (κ2) is 6.59. The van der Waals surface area contributed by atoms with E-state index in [9.17, 15) is 9.59 Å². The number of halogens is 2. The zero-order valence-electron chi connectivity index (χ0n) is 10.5. The summed E-state index contributed by atoms with van der Waals surface area (Å²) in [5.41, 5.74) is 6.58. The highest BCUT2D eigenvalue weighted by Crippen LogP contribution is 2.34. The summed E-state index contributed by atoms with van der Waals surface area (Å²) < 4.78 is 1.51. The topological polar surface area (TPSA) is 83.6 Å². The van der Waals surface area contributed by atoms with E-state index in [2.05, 4.69) is 31.9 Å². The molecule has 0 saturated heterocycles. The Hall–Kier alpha value is -1.38. The van der Waals surface area contributed by atoms with Gasteiger partial charge in [0.25, 0.3) is 5.91 Å². The molecule has 0 aliphatic rings. The molecule has 0 spiro atoms. The Bertz CT molecular complexity index is 683. The van der Waals surface area contributed by atoms with Gasteiger partial charge in [0, 0.05) is 4.47 Å². The minimum Gasteiger partial charge on any atom is -0.480 e. The van der Waals surface area contributed by atoms with Crippen LogP contribution in [-0.2, 0) is 4.79 Å². The number of nitrogen functional groups attached to an aromatic ring is 1. The number of nitrogens with two attached hydrogens (primary N) is 1. The van der Waals surface area contributed by atoms with E-state index in [-0.39, 0.29) is 0 Å². The third kappa shape index (κ3) is 3.63. The van der Waals surface area contributed by atoms with Gasteiger partial charge in [0.1, 0.15) is 6.54 Å². The van der Waals surface area contributed by atoms with Crippen LogP contribution in [0.1, 0.15) is 9.67 Å². The predicted octanol–water partition coefficient (Wildman–Crippen LogP) is 3.59. The van der Waals surface area contributed by atoms with Gasteiger partial charge in [-0.05, 0) is 50.1 Å². The first-order valence-electron chi connectivity index (χ1n) is 5.73. The minimum absolute atomic E-state index is 0.349. The van der Waals surface area contributed by atoms with Crippen molar-refractivity contribution in [2.45, 2.75) is 0 Å². The van der Waals surface area contributed by atoms with Crippen LogP contribution in [0, 0.1) is 0 Å². The van der Waals surface area contributed by atoms with Crippen molar-refractivity contribution in [2.24, 2.45) is 0 Å². The van der Waals surface area contributed by atoms with Gasteiger partial charge >= 0.3 is 5.97 Å². The van der Waals surface area contributed by atoms with Crippen molar-refractivity contribution in [3.63, 3.8) is 0 Å². The monoisotopic (exact) mass is 432 g/mol. The highest BCUT2D eigenvalue weighted by molar-refractivity contribution is 9.13. The summed E-state index contributed by atoms with van der Waals surface area (Å²) in [5.74, 6) is -1.52. The molecule has 0 radical (unpaired) electrons. The molecule has 1 aromatic carbocycles. The number of hydrogen-bond acceptors (Lipinski definition) is 4. The van der Waals surface area contributed by atoms with Crippen molar-refractivity contribution in [3.05, 3.63) is 43.5 Å². The number of carboxylic acid groups (broad SMARTS) is 1. The number of para-hydroxylation sites is 2. The van der Waals surface area contributed by atoms with E-state index in [0.717, 1.165) is 13.2 Å². The quantitative estimate of drug-likeness (QED) is 0.721. The molecule has 0 fully saturated rings. The first kappa shape index (κ1) is 16.0. The van der Waals surface area contributed by atoms with Crippen molar-refractivity contribution in [3.8, 4) is 0 Å². The molecule has 8 heteroatoms. The van der Waals surface area contributed by atoms with E-state index in [0.29, 0.717) is 16.3 Å². The second-order valence-corrected chi connectivity index (χ2v) is 7.30. The standard InChI is InChI=1S/C13H10Br2N2O3S/c14-7-5-10(21-12(7)15)13(20)17(6-11(18)19)9-4-2-1-3-8(9)16/h1-5H,6,16H2,(H,18,19). The summed E-state index contributed by atoms with van der Waals surface area (Å²) in [6, 6.07) is 8.31. The highest BCUT2D eigenvalue weighted by atomic mass is 79.9. The summed E-state index contributed by atoms with van der Waals surface area (Å²) >= 11 is 7.85. The van der Waals surface area contributed by atoms with Gasteiger partial charge in [-0.15, -0.1) is 11.3 Å². The predicted molar refractivity (Wildman–Crippen MR) is 89.9 cm³/mol. The summed E-state index contributed by atoms with van der Waals surface area (Å²) in [5, 5.41) is 9.04. The average molecular weight is 434 g/mol. The van der Waals surface area contributed by atoms with Crippen LogP contribution < -0.4 is 10.6 Å². The number of anilines is 2. The van der Waals surface area contributed by atoms with Gasteiger partial charge in [0.15, 0.2) is 0 Å². The Morgan fingerprint density at radius 2 is 1.95 bits per heavy atom. The molecule has 21 heavy (non-hydrogen) atoms. The lowest BCUT2D eigenvalue weighted by Crippen LogP contribution is -2.35. The summed E-state index contributed by atoms with van der Waals surface area (Å²) in [6.45, 7) is -0.458. The molecular weight excluding hydrogens is 424 g/mol. The lowest BCUT2D eigenvalue weighted by atomic mass is 10.2. The van der Waals surface area contributed by atoms with Gasteiger partial charge in [0.2, 0.25) is 0 Å². The van der Waals surface area contributed by atoms with Crippen molar-refractivity contribution in [1.82, 2.24) is 0 Å². The Morgan fingerprint density at radius 3 is 2.48 bits per heavy atom. The van der Waals surface area contributed by atoms with Crippen LogP contribution in [0.2, 0.25) is 0 Å². The van der Waals surface area contributed by atoms with Crippen molar-refractivity contribution >= 4 is 66.4 Å². The van der Waals surface area contributed by atoms with E-state index < -0.39 is 18.4 Å². The van der Waals surface area contributed by atoms with Crippen molar-refractivity contribution < 1.29 is 14.7 Å². The van der Waals surface area contributed by atoms with E-state index in [1.807, 2.05) is 0 Å². The average Bonchev–Trinajstić information content (AvgIpc) is 2.76. The number of carbonyl (C=O) groups excluding carboxylic acids is 1. The number of carboxylic acids is 1. The Kier molecular flexibility index (Phi) is 5.02. The molecular formula is C13H10Br2N2O3S. The lowest BCUT2D eigenvalue weighted by molar-refractivity contribution is -0.135. The number of hydrogen-bond donors (Lipinski definition) is 2. The molecule has 5 nitrogen and oxygen atoms in total. The molecule has 1 amide bonds. The molecule has 3 N–H and O–H groups in total. The number of nitrogens with zero attached hydrogens (tertiary/aromatic N) is 1. The van der Waals surface area contributed by atoms with Gasteiger partial charge in [-0.25, -0.2) is 0 Å². The summed E-state index contributed by atoms with van der Waals surface area (Å²) in [7, 11) is 0. The third-order valence-corrected chi connectivity index (χ3v) is 5.87. The molecule has 0 atom stereocenters. The van der Waals surface area contributed by atoms with E-state index >= 15 is 0 Å². The molecule has 0 aliphatic carbocycles. The molecule has 110 valence electrons. The van der Waals surface area contributed by atoms with E-state index in [1.54, 1.807) is 30.3 Å². The van der Waals surface area contributed by atoms with Crippen LogP contribution in [-0.4, -0.2) is 23.5 Å². The maximum Gasteiger partial charge on any atom is 0.323 e. The van der Waals surface area contributed by atoms with Crippen molar-refractivity contribution in [2.75, 3.05) is 17.2 Å². The fourth-order valence-electron chi connectivity index (χ4n) is 1.72. The number of benzene rings is 1. The summed E-state index contributed by atoms with van der Waals surface area (Å²) in [6.07, 6.45) is 0. The Balaban J connectivity index is 2.43. The van der Waals surface area contributed by atoms with Gasteiger partial charge in [0.05, 0.1) is 20.0 Å². The zero-order chi connectivity index (χ0) is 15.6. The SMILES string of the molecule is Nc1ccccc1N(CC(=O)O)C(=O)c1cc(Br)c(Br)s1. The molecule has 2 rings (SSSR count). The maximum atomic E-state index is 12.6. The smallest absolute Gasteiger partial charge is 0.323 e. The van der Waals surface area contributed by atoms with Crippen LogP contribution in [0.15, 0.2) is 38.6 Å². The number of rotatable bonds is 4. The van der Waals surface area contributed by atoms with Gasteiger partial charge in [-0.3, -0.25) is 14.5 Å². The van der Waals surface area contributed by atoms with Crippen molar-refractivity contribution in [1.29, 1.82) is 0 Å². The molecule has 2 aromatic rings. The fraction of sp³-hybridized carbons (Fsp3) is 0.0769. The van der Waals surface area contributed by atoms with Gasteiger partial charge < -0.3 is 10.8 Å². The lowest BCUT2D eigenvalue weighted by Gasteiger charge is -2.21. The maximum absolute atomic E-state index is 12.6. The third-order valence-electron chi connectivity index (χ3n) is 2.62. The van der Waals surface area contributed by atoms with E-state index in [1.165, 1.54) is 11.3 Å².